The van der Waals surface area contributed by atoms with Crippen LogP contribution in [0.5, 0.6) is 0 Å². The van der Waals surface area contributed by atoms with Gasteiger partial charge in [0.15, 0.2) is 0 Å². The van der Waals surface area contributed by atoms with Gasteiger partial charge in [0, 0.05) is 5.75 Å². The molecule has 0 radical (unpaired) electrons. The summed E-state index contributed by atoms with van der Waals surface area (Å²) in [5, 5.41) is 9.19. The molecule has 19 heavy (non-hydrogen) atoms. The molecule has 2 aromatic rings. The van der Waals surface area contributed by atoms with E-state index in [-0.39, 0.29) is 11.3 Å². The van der Waals surface area contributed by atoms with Crippen molar-refractivity contribution in [2.24, 2.45) is 5.73 Å². The number of benzene rings is 1. The van der Waals surface area contributed by atoms with E-state index in [0.717, 1.165) is 0 Å². The first-order valence-corrected chi connectivity index (χ1v) is 6.77. The minimum atomic E-state index is -1.03. The summed E-state index contributed by atoms with van der Waals surface area (Å²) in [5.41, 5.74) is 5.83. The van der Waals surface area contributed by atoms with Crippen LogP contribution in [-0.2, 0) is 10.5 Å². The van der Waals surface area contributed by atoms with Crippen molar-refractivity contribution < 1.29 is 9.90 Å². The van der Waals surface area contributed by atoms with Crippen molar-refractivity contribution in [2.45, 2.75) is 11.8 Å². The average Bonchev–Trinajstić information content (AvgIpc) is 2.38. The van der Waals surface area contributed by atoms with Gasteiger partial charge in [-0.05, 0) is 12.1 Å². The van der Waals surface area contributed by atoms with Gasteiger partial charge in [-0.15, -0.1) is 0 Å². The second kappa shape index (κ2) is 5.85. The zero-order chi connectivity index (χ0) is 13.8. The molecular formula is C12H13N3O3S. The summed E-state index contributed by atoms with van der Waals surface area (Å²) >= 11 is 1.32. The van der Waals surface area contributed by atoms with Crippen LogP contribution < -0.4 is 11.3 Å². The Labute approximate surface area is 113 Å². The number of hydrogen-bond donors (Lipinski definition) is 3. The summed E-state index contributed by atoms with van der Waals surface area (Å²) in [5.74, 6) is 0.172. The molecular weight excluding hydrogens is 266 g/mol. The van der Waals surface area contributed by atoms with Gasteiger partial charge in [-0.2, -0.15) is 11.8 Å². The van der Waals surface area contributed by atoms with E-state index < -0.39 is 12.0 Å². The number of hydrogen-bond acceptors (Lipinski definition) is 5. The van der Waals surface area contributed by atoms with Gasteiger partial charge in [-0.3, -0.25) is 9.59 Å². The summed E-state index contributed by atoms with van der Waals surface area (Å²) in [6, 6.07) is 6.16. The normalized spacial score (nSPS) is 12.5. The van der Waals surface area contributed by atoms with Gasteiger partial charge < -0.3 is 15.8 Å². The molecule has 0 amide bonds. The summed E-state index contributed by atoms with van der Waals surface area (Å²) in [4.78, 5) is 29.3. The van der Waals surface area contributed by atoms with E-state index in [1.54, 1.807) is 18.2 Å². The van der Waals surface area contributed by atoms with Crippen LogP contribution in [0.25, 0.3) is 10.9 Å². The van der Waals surface area contributed by atoms with Crippen LogP contribution in [0.4, 0.5) is 0 Å². The molecule has 0 aliphatic rings. The number of para-hydroxylation sites is 1. The minimum absolute atomic E-state index is 0.191. The van der Waals surface area contributed by atoms with Crippen molar-refractivity contribution >= 4 is 28.6 Å². The number of carboxylic acids is 1. The molecule has 0 unspecified atom stereocenters. The Morgan fingerprint density at radius 3 is 2.95 bits per heavy atom. The van der Waals surface area contributed by atoms with Gasteiger partial charge >= 0.3 is 5.97 Å². The molecule has 1 aromatic heterocycles. The van der Waals surface area contributed by atoms with Crippen LogP contribution >= 0.6 is 11.8 Å². The lowest BCUT2D eigenvalue weighted by atomic mass is 10.2. The van der Waals surface area contributed by atoms with E-state index in [0.29, 0.717) is 22.5 Å². The Bertz CT molecular complexity index is 656. The fourth-order valence-electron chi connectivity index (χ4n) is 1.56. The van der Waals surface area contributed by atoms with E-state index >= 15 is 0 Å². The van der Waals surface area contributed by atoms with Crippen LogP contribution in [0.1, 0.15) is 5.82 Å². The van der Waals surface area contributed by atoms with E-state index in [2.05, 4.69) is 9.97 Å². The van der Waals surface area contributed by atoms with Crippen molar-refractivity contribution in [3.63, 3.8) is 0 Å². The number of nitrogens with zero attached hydrogens (tertiary/aromatic N) is 1. The van der Waals surface area contributed by atoms with Gasteiger partial charge in [-0.1, -0.05) is 12.1 Å². The molecule has 1 atom stereocenters. The third-order valence-electron chi connectivity index (χ3n) is 2.52. The van der Waals surface area contributed by atoms with Crippen LogP contribution in [0.3, 0.4) is 0 Å². The molecule has 0 aliphatic carbocycles. The smallest absolute Gasteiger partial charge is 0.321 e. The largest absolute Gasteiger partial charge is 0.480 e. The fraction of sp³-hybridized carbons (Fsp3) is 0.250. The van der Waals surface area contributed by atoms with Crippen molar-refractivity contribution in [3.05, 3.63) is 40.4 Å². The lowest BCUT2D eigenvalue weighted by Crippen LogP contribution is -2.32. The number of rotatable bonds is 5. The van der Waals surface area contributed by atoms with E-state index in [9.17, 15) is 9.59 Å². The predicted octanol–water partition coefficient (Wildman–Crippen LogP) is 0.568. The lowest BCUT2D eigenvalue weighted by molar-refractivity contribution is -0.137. The molecule has 0 bridgehead atoms. The van der Waals surface area contributed by atoms with Crippen molar-refractivity contribution in [2.75, 3.05) is 5.75 Å². The van der Waals surface area contributed by atoms with Crippen molar-refractivity contribution in [1.29, 1.82) is 0 Å². The molecule has 2 rings (SSSR count). The molecule has 0 fully saturated rings. The third kappa shape index (κ3) is 3.33. The number of H-pyrrole nitrogens is 1. The fourth-order valence-corrected chi connectivity index (χ4v) is 2.40. The topological polar surface area (TPSA) is 109 Å². The Balaban J connectivity index is 2.09. The van der Waals surface area contributed by atoms with Crippen LogP contribution in [-0.4, -0.2) is 32.8 Å². The molecule has 0 aliphatic heterocycles. The molecule has 6 nitrogen and oxygen atoms in total. The minimum Gasteiger partial charge on any atom is -0.480 e. The van der Waals surface area contributed by atoms with Crippen LogP contribution in [0, 0.1) is 0 Å². The first-order valence-electron chi connectivity index (χ1n) is 5.62. The molecule has 0 spiro atoms. The molecule has 0 saturated heterocycles. The van der Waals surface area contributed by atoms with E-state index in [4.69, 9.17) is 10.8 Å². The lowest BCUT2D eigenvalue weighted by Gasteiger charge is -2.06. The van der Waals surface area contributed by atoms with Gasteiger partial charge in [-0.25, -0.2) is 4.98 Å². The summed E-state index contributed by atoms with van der Waals surface area (Å²) in [7, 11) is 0. The van der Waals surface area contributed by atoms with E-state index in [1.165, 1.54) is 11.8 Å². The van der Waals surface area contributed by atoms with Crippen LogP contribution in [0.15, 0.2) is 29.1 Å². The first-order chi connectivity index (χ1) is 9.08. The molecule has 100 valence electrons. The third-order valence-corrected chi connectivity index (χ3v) is 3.59. The highest BCUT2D eigenvalue weighted by atomic mass is 32.2. The molecule has 0 saturated carbocycles. The van der Waals surface area contributed by atoms with Crippen molar-refractivity contribution in [1.82, 2.24) is 9.97 Å². The Morgan fingerprint density at radius 1 is 1.47 bits per heavy atom. The maximum atomic E-state index is 11.8. The Morgan fingerprint density at radius 2 is 2.21 bits per heavy atom. The number of nitrogens with two attached hydrogens (primary N) is 1. The quantitative estimate of drug-likeness (QED) is 0.738. The van der Waals surface area contributed by atoms with Gasteiger partial charge in [0.1, 0.15) is 11.9 Å². The van der Waals surface area contributed by atoms with E-state index in [1.807, 2.05) is 6.07 Å². The van der Waals surface area contributed by atoms with Gasteiger partial charge in [0.2, 0.25) is 0 Å². The molecule has 7 heteroatoms. The monoisotopic (exact) mass is 279 g/mol. The highest BCUT2D eigenvalue weighted by Crippen LogP contribution is 2.11. The molecule has 4 N–H and O–H groups in total. The number of thioether (sulfide) groups is 1. The zero-order valence-electron chi connectivity index (χ0n) is 10.00. The molecule has 1 aromatic carbocycles. The predicted molar refractivity (Wildman–Crippen MR) is 74.1 cm³/mol. The highest BCUT2D eigenvalue weighted by molar-refractivity contribution is 7.98. The maximum absolute atomic E-state index is 11.8. The van der Waals surface area contributed by atoms with Crippen molar-refractivity contribution in [3.8, 4) is 0 Å². The maximum Gasteiger partial charge on any atom is 0.321 e. The number of aromatic nitrogens is 2. The van der Waals surface area contributed by atoms with Gasteiger partial charge in [0.05, 0.1) is 16.7 Å². The number of aliphatic carboxylic acids is 1. The Kier molecular flexibility index (Phi) is 4.18. The highest BCUT2D eigenvalue weighted by Gasteiger charge is 2.11. The summed E-state index contributed by atoms with van der Waals surface area (Å²) in [6.45, 7) is 0. The second-order valence-electron chi connectivity index (χ2n) is 3.99. The molecule has 1 heterocycles. The van der Waals surface area contributed by atoms with Crippen LogP contribution in [0.2, 0.25) is 0 Å². The number of fused-ring (bicyclic) bond motifs is 1. The zero-order valence-corrected chi connectivity index (χ0v) is 10.8. The second-order valence-corrected chi connectivity index (χ2v) is 5.02. The standard InChI is InChI=1S/C12H13N3O3S/c13-8(12(17)18)5-19-6-10-14-9-4-2-1-3-7(9)11(16)15-10/h1-4,8H,5-6,13H2,(H,17,18)(H,14,15,16)/t8-/m1/s1. The average molecular weight is 279 g/mol. The number of carboxylic acid groups (broad SMARTS) is 1. The number of nitrogens with one attached hydrogen (secondary N) is 1. The summed E-state index contributed by atoms with van der Waals surface area (Å²) < 4.78 is 0. The summed E-state index contributed by atoms with van der Waals surface area (Å²) in [6.07, 6.45) is 0. The Hall–Kier alpha value is -1.86. The number of carbonyl (C=O) groups is 1. The SMILES string of the molecule is N[C@H](CSCc1nc2ccccc2c(=O)[nH]1)C(=O)O. The first kappa shape index (κ1) is 13.6. The van der Waals surface area contributed by atoms with Gasteiger partial charge in [0.25, 0.3) is 5.56 Å². The number of aromatic amines is 1.